The lowest BCUT2D eigenvalue weighted by Gasteiger charge is -2.05. The van der Waals surface area contributed by atoms with Crippen molar-refractivity contribution >= 4 is 37.8 Å². The lowest BCUT2D eigenvalue weighted by atomic mass is 10.2. The van der Waals surface area contributed by atoms with Gasteiger partial charge in [0.15, 0.2) is 0 Å². The molecule has 0 atom stereocenters. The summed E-state index contributed by atoms with van der Waals surface area (Å²) in [6.45, 7) is 1.89. The van der Waals surface area contributed by atoms with Crippen LogP contribution in [0.15, 0.2) is 15.1 Å². The van der Waals surface area contributed by atoms with Crippen molar-refractivity contribution in [2.75, 3.05) is 0 Å². The predicted molar refractivity (Wildman–Crippen MR) is 55.7 cm³/mol. The minimum Gasteiger partial charge on any atom is -0.481 e. The molecule has 0 fully saturated rings. The highest BCUT2D eigenvalue weighted by atomic mass is 79.9. The van der Waals surface area contributed by atoms with Gasteiger partial charge >= 0.3 is 5.97 Å². The molecule has 0 aliphatic rings. The monoisotopic (exact) mass is 307 g/mol. The van der Waals surface area contributed by atoms with E-state index in [1.807, 2.05) is 6.92 Å². The van der Waals surface area contributed by atoms with Crippen molar-refractivity contribution in [1.29, 1.82) is 0 Å². The Morgan fingerprint density at radius 2 is 2.23 bits per heavy atom. The Labute approximate surface area is 92.4 Å². The first-order chi connectivity index (χ1) is 6.02. The molecule has 0 aromatic carbocycles. The molecule has 0 spiro atoms. The van der Waals surface area contributed by atoms with Gasteiger partial charge in [0.2, 0.25) is 0 Å². The van der Waals surface area contributed by atoms with Crippen molar-refractivity contribution in [3.63, 3.8) is 0 Å². The van der Waals surface area contributed by atoms with Gasteiger partial charge in [-0.1, -0.05) is 0 Å². The van der Waals surface area contributed by atoms with Gasteiger partial charge in [0, 0.05) is 15.1 Å². The van der Waals surface area contributed by atoms with Gasteiger partial charge in [-0.3, -0.25) is 9.78 Å². The average Bonchev–Trinajstić information content (AvgIpc) is 2.06. The van der Waals surface area contributed by atoms with E-state index >= 15 is 0 Å². The largest absolute Gasteiger partial charge is 0.481 e. The Kier molecular flexibility index (Phi) is 3.44. The van der Waals surface area contributed by atoms with Crippen LogP contribution in [0.2, 0.25) is 0 Å². The first-order valence-electron chi connectivity index (χ1n) is 3.53. The molecule has 0 bridgehead atoms. The molecule has 0 radical (unpaired) electrons. The molecular formula is C8H7Br2NO2. The summed E-state index contributed by atoms with van der Waals surface area (Å²) < 4.78 is 1.62. The number of halogens is 2. The third kappa shape index (κ3) is 2.51. The molecule has 0 saturated carbocycles. The predicted octanol–water partition coefficient (Wildman–Crippen LogP) is 2.54. The highest BCUT2D eigenvalue weighted by Gasteiger charge is 2.10. The van der Waals surface area contributed by atoms with Crippen LogP contribution in [-0.4, -0.2) is 16.1 Å². The van der Waals surface area contributed by atoms with E-state index in [4.69, 9.17) is 5.11 Å². The minimum absolute atomic E-state index is 0.0608. The maximum atomic E-state index is 10.4. The number of hydrogen-bond acceptors (Lipinski definition) is 2. The van der Waals surface area contributed by atoms with Crippen LogP contribution in [0, 0.1) is 6.92 Å². The van der Waals surface area contributed by atoms with E-state index in [-0.39, 0.29) is 6.42 Å². The number of hydrogen-bond donors (Lipinski definition) is 1. The molecular weight excluding hydrogens is 302 g/mol. The fraction of sp³-hybridized carbons (Fsp3) is 0.250. The van der Waals surface area contributed by atoms with Gasteiger partial charge in [-0.05, 0) is 44.3 Å². The quantitative estimate of drug-likeness (QED) is 0.913. The van der Waals surface area contributed by atoms with Gasteiger partial charge in [0.05, 0.1) is 12.1 Å². The van der Waals surface area contributed by atoms with Crippen LogP contribution in [0.1, 0.15) is 11.3 Å². The van der Waals surface area contributed by atoms with Crippen LogP contribution >= 0.6 is 31.9 Å². The van der Waals surface area contributed by atoms with E-state index in [0.717, 1.165) is 14.5 Å². The molecule has 0 saturated heterocycles. The first kappa shape index (κ1) is 10.7. The number of carboxylic acids is 1. The highest BCUT2D eigenvalue weighted by molar-refractivity contribution is 9.11. The number of aliphatic carboxylic acids is 1. The van der Waals surface area contributed by atoms with Crippen LogP contribution in [0.3, 0.4) is 0 Å². The van der Waals surface area contributed by atoms with Crippen LogP contribution < -0.4 is 0 Å². The number of carbonyl (C=O) groups is 1. The number of nitrogens with zero attached hydrogens (tertiary/aromatic N) is 1. The summed E-state index contributed by atoms with van der Waals surface area (Å²) >= 11 is 6.61. The molecule has 70 valence electrons. The molecule has 5 heteroatoms. The number of rotatable bonds is 2. The second-order valence-corrected chi connectivity index (χ2v) is 4.21. The SMILES string of the molecule is Cc1c(Br)cnc(CC(=O)O)c1Br. The Bertz CT molecular complexity index is 352. The third-order valence-corrected chi connectivity index (χ3v) is 3.45. The van der Waals surface area contributed by atoms with E-state index in [0.29, 0.717) is 5.69 Å². The summed E-state index contributed by atoms with van der Waals surface area (Å²) in [6, 6.07) is 0. The molecule has 13 heavy (non-hydrogen) atoms. The third-order valence-electron chi connectivity index (χ3n) is 1.59. The van der Waals surface area contributed by atoms with Crippen molar-refractivity contribution in [3.8, 4) is 0 Å². The van der Waals surface area contributed by atoms with E-state index in [1.54, 1.807) is 6.20 Å². The summed E-state index contributed by atoms with van der Waals surface area (Å²) in [7, 11) is 0. The van der Waals surface area contributed by atoms with Crippen LogP contribution in [0.4, 0.5) is 0 Å². The zero-order chi connectivity index (χ0) is 10.0. The van der Waals surface area contributed by atoms with Crippen molar-refractivity contribution in [3.05, 3.63) is 26.4 Å². The maximum absolute atomic E-state index is 10.4. The number of pyridine rings is 1. The Hall–Kier alpha value is -0.420. The Morgan fingerprint density at radius 1 is 1.62 bits per heavy atom. The summed E-state index contributed by atoms with van der Waals surface area (Å²) in [4.78, 5) is 14.4. The van der Waals surface area contributed by atoms with Crippen molar-refractivity contribution in [2.45, 2.75) is 13.3 Å². The second kappa shape index (κ2) is 4.19. The van der Waals surface area contributed by atoms with Crippen LogP contribution in [0.5, 0.6) is 0 Å². The molecule has 0 amide bonds. The van der Waals surface area contributed by atoms with Crippen molar-refractivity contribution in [1.82, 2.24) is 4.98 Å². The molecule has 0 unspecified atom stereocenters. The molecule has 0 aliphatic heterocycles. The maximum Gasteiger partial charge on any atom is 0.309 e. The zero-order valence-corrected chi connectivity index (χ0v) is 10.0. The molecule has 1 aromatic rings. The van der Waals surface area contributed by atoms with Gasteiger partial charge in [-0.2, -0.15) is 0 Å². The molecule has 1 rings (SSSR count). The highest BCUT2D eigenvalue weighted by Crippen LogP contribution is 2.26. The molecule has 3 nitrogen and oxygen atoms in total. The van der Waals surface area contributed by atoms with Gasteiger partial charge in [0.1, 0.15) is 0 Å². The van der Waals surface area contributed by atoms with Crippen molar-refractivity contribution in [2.24, 2.45) is 0 Å². The first-order valence-corrected chi connectivity index (χ1v) is 5.12. The van der Waals surface area contributed by atoms with E-state index < -0.39 is 5.97 Å². The summed E-state index contributed by atoms with van der Waals surface area (Å²) in [5.74, 6) is -0.880. The molecule has 1 N–H and O–H groups in total. The lowest BCUT2D eigenvalue weighted by molar-refractivity contribution is -0.136. The topological polar surface area (TPSA) is 50.2 Å². The molecule has 0 aliphatic carbocycles. The van der Waals surface area contributed by atoms with Gasteiger partial charge in [0.25, 0.3) is 0 Å². The number of aromatic nitrogens is 1. The van der Waals surface area contributed by atoms with Crippen LogP contribution in [0.25, 0.3) is 0 Å². The lowest BCUT2D eigenvalue weighted by Crippen LogP contribution is -2.04. The fourth-order valence-corrected chi connectivity index (χ4v) is 1.90. The zero-order valence-electron chi connectivity index (χ0n) is 6.84. The fourth-order valence-electron chi connectivity index (χ4n) is 0.876. The van der Waals surface area contributed by atoms with Gasteiger partial charge in [-0.15, -0.1) is 0 Å². The van der Waals surface area contributed by atoms with E-state index in [9.17, 15) is 4.79 Å². The summed E-state index contributed by atoms with van der Waals surface area (Å²) in [5, 5.41) is 8.58. The second-order valence-electron chi connectivity index (χ2n) is 2.56. The average molecular weight is 309 g/mol. The smallest absolute Gasteiger partial charge is 0.309 e. The van der Waals surface area contributed by atoms with Gasteiger partial charge < -0.3 is 5.11 Å². The van der Waals surface area contributed by atoms with E-state index in [1.165, 1.54) is 0 Å². The molecule has 1 heterocycles. The summed E-state index contributed by atoms with van der Waals surface area (Å²) in [6.07, 6.45) is 1.55. The molecule has 1 aromatic heterocycles. The van der Waals surface area contributed by atoms with Crippen LogP contribution in [-0.2, 0) is 11.2 Å². The van der Waals surface area contributed by atoms with Gasteiger partial charge in [-0.25, -0.2) is 0 Å². The van der Waals surface area contributed by atoms with Crippen molar-refractivity contribution < 1.29 is 9.90 Å². The standard InChI is InChI=1S/C8H7Br2NO2/c1-4-5(9)3-11-6(8(4)10)2-7(12)13/h3H,2H2,1H3,(H,12,13). The Balaban J connectivity index is 3.10. The summed E-state index contributed by atoms with van der Waals surface area (Å²) in [5.41, 5.74) is 1.51. The van der Waals surface area contributed by atoms with E-state index in [2.05, 4.69) is 36.8 Å². The number of carboxylic acid groups (broad SMARTS) is 1. The Morgan fingerprint density at radius 3 is 2.77 bits per heavy atom. The normalized spacial score (nSPS) is 10.1. The minimum atomic E-state index is -0.880.